The molecule has 2 unspecified atom stereocenters. The molecule has 3 rings (SSSR count). The van der Waals surface area contributed by atoms with Crippen molar-refractivity contribution in [2.75, 3.05) is 23.3 Å². The molecule has 4 heteroatoms. The van der Waals surface area contributed by atoms with Gasteiger partial charge in [-0.15, -0.1) is 0 Å². The molecule has 2 aliphatic rings. The quantitative estimate of drug-likeness (QED) is 0.766. The van der Waals surface area contributed by atoms with Crippen LogP contribution < -0.4 is 10.2 Å². The average Bonchev–Trinajstić information content (AvgIpc) is 2.31. The van der Waals surface area contributed by atoms with E-state index in [-0.39, 0.29) is 0 Å². The minimum absolute atomic E-state index is 0.591. The average molecular weight is 271 g/mol. The summed E-state index contributed by atoms with van der Waals surface area (Å²) in [5, 5.41) is 4.75. The summed E-state index contributed by atoms with van der Waals surface area (Å²) >= 11 is 12.2. The third kappa shape index (κ3) is 1.88. The van der Waals surface area contributed by atoms with Gasteiger partial charge in [-0.2, -0.15) is 0 Å². The van der Waals surface area contributed by atoms with Gasteiger partial charge in [-0.25, -0.2) is 0 Å². The summed E-state index contributed by atoms with van der Waals surface area (Å²) in [6.45, 7) is 4.47. The first-order chi connectivity index (χ1) is 8.16. The van der Waals surface area contributed by atoms with Crippen LogP contribution in [0.5, 0.6) is 0 Å². The highest BCUT2D eigenvalue weighted by Crippen LogP contribution is 2.41. The lowest BCUT2D eigenvalue weighted by atomic mass is 9.88. The Bertz CT molecular complexity index is 447. The van der Waals surface area contributed by atoms with Crippen LogP contribution >= 0.6 is 23.2 Å². The molecular formula is C13H16Cl2N2. The van der Waals surface area contributed by atoms with E-state index in [4.69, 9.17) is 23.2 Å². The fraction of sp³-hybridized carbons (Fsp3) is 0.538. The molecule has 2 nitrogen and oxygen atoms in total. The fourth-order valence-corrected chi connectivity index (χ4v) is 3.31. The predicted octanol–water partition coefficient (Wildman–Crippen LogP) is 4.02. The van der Waals surface area contributed by atoms with Crippen molar-refractivity contribution in [3.63, 3.8) is 0 Å². The second-order valence-corrected chi connectivity index (χ2v) is 5.86. The van der Waals surface area contributed by atoms with Crippen molar-refractivity contribution in [1.82, 2.24) is 0 Å². The minimum atomic E-state index is 0.591. The summed E-state index contributed by atoms with van der Waals surface area (Å²) in [5.74, 6) is 0.735. The van der Waals surface area contributed by atoms with E-state index in [0.29, 0.717) is 16.1 Å². The van der Waals surface area contributed by atoms with Crippen LogP contribution in [0.3, 0.4) is 0 Å². The number of hydrogen-bond acceptors (Lipinski definition) is 2. The zero-order chi connectivity index (χ0) is 12.0. The zero-order valence-electron chi connectivity index (χ0n) is 9.84. The second-order valence-electron chi connectivity index (χ2n) is 5.04. The predicted molar refractivity (Wildman–Crippen MR) is 74.5 cm³/mol. The number of nitrogens with zero attached hydrogens (tertiary/aromatic N) is 1. The van der Waals surface area contributed by atoms with Crippen LogP contribution in [0.25, 0.3) is 0 Å². The molecule has 1 fully saturated rings. The number of piperidine rings is 1. The van der Waals surface area contributed by atoms with Gasteiger partial charge in [0.2, 0.25) is 0 Å². The minimum Gasteiger partial charge on any atom is -0.381 e. The van der Waals surface area contributed by atoms with Crippen molar-refractivity contribution in [2.45, 2.75) is 25.8 Å². The number of nitrogens with one attached hydrogen (secondary N) is 1. The van der Waals surface area contributed by atoms with Gasteiger partial charge in [-0.1, -0.05) is 30.1 Å². The number of rotatable bonds is 0. The Balaban J connectivity index is 2.03. The van der Waals surface area contributed by atoms with Crippen LogP contribution in [0.4, 0.5) is 11.4 Å². The van der Waals surface area contributed by atoms with Gasteiger partial charge in [0.15, 0.2) is 0 Å². The maximum Gasteiger partial charge on any atom is 0.0621 e. The Morgan fingerprint density at radius 2 is 2.06 bits per heavy atom. The molecule has 1 saturated heterocycles. The summed E-state index contributed by atoms with van der Waals surface area (Å²) in [5.41, 5.74) is 2.33. The van der Waals surface area contributed by atoms with Crippen molar-refractivity contribution < 1.29 is 0 Å². The first-order valence-electron chi connectivity index (χ1n) is 6.16. The molecule has 0 saturated carbocycles. The lowest BCUT2D eigenvalue weighted by molar-refractivity contribution is 0.351. The van der Waals surface area contributed by atoms with Gasteiger partial charge in [0.25, 0.3) is 0 Å². The number of benzene rings is 1. The molecule has 1 aromatic carbocycles. The molecule has 17 heavy (non-hydrogen) atoms. The molecule has 1 aromatic rings. The van der Waals surface area contributed by atoms with Gasteiger partial charge >= 0.3 is 0 Å². The van der Waals surface area contributed by atoms with Crippen LogP contribution in [0, 0.1) is 5.92 Å². The van der Waals surface area contributed by atoms with Crippen molar-refractivity contribution in [3.05, 3.63) is 22.2 Å². The highest BCUT2D eigenvalue weighted by molar-refractivity contribution is 6.42. The summed E-state index contributed by atoms with van der Waals surface area (Å²) in [7, 11) is 0. The van der Waals surface area contributed by atoms with Gasteiger partial charge < -0.3 is 10.2 Å². The Morgan fingerprint density at radius 1 is 1.29 bits per heavy atom. The maximum atomic E-state index is 6.13. The van der Waals surface area contributed by atoms with Crippen LogP contribution in [0.2, 0.25) is 10.0 Å². The summed E-state index contributed by atoms with van der Waals surface area (Å²) in [6, 6.07) is 4.53. The first-order valence-corrected chi connectivity index (χ1v) is 6.92. The van der Waals surface area contributed by atoms with Crippen LogP contribution in [0.1, 0.15) is 19.8 Å². The molecule has 2 aliphatic heterocycles. The Kier molecular flexibility index (Phi) is 2.87. The lowest BCUT2D eigenvalue weighted by Gasteiger charge is -2.46. The van der Waals surface area contributed by atoms with E-state index in [2.05, 4.69) is 17.1 Å². The number of hydrogen-bond donors (Lipinski definition) is 1. The van der Waals surface area contributed by atoms with E-state index < -0.39 is 0 Å². The Labute approximate surface area is 112 Å². The monoisotopic (exact) mass is 270 g/mol. The van der Waals surface area contributed by atoms with E-state index in [1.165, 1.54) is 18.5 Å². The summed E-state index contributed by atoms with van der Waals surface area (Å²) in [6.07, 6.45) is 2.58. The maximum absolute atomic E-state index is 6.13. The molecule has 2 atom stereocenters. The molecular weight excluding hydrogens is 255 g/mol. The lowest BCUT2D eigenvalue weighted by Crippen LogP contribution is -2.51. The molecule has 92 valence electrons. The van der Waals surface area contributed by atoms with Crippen molar-refractivity contribution in [1.29, 1.82) is 0 Å². The van der Waals surface area contributed by atoms with Crippen molar-refractivity contribution in [3.8, 4) is 0 Å². The third-order valence-corrected chi connectivity index (χ3v) is 4.69. The number of fused-ring (bicyclic) bond motifs is 3. The van der Waals surface area contributed by atoms with E-state index in [9.17, 15) is 0 Å². The van der Waals surface area contributed by atoms with Crippen LogP contribution in [-0.4, -0.2) is 19.1 Å². The van der Waals surface area contributed by atoms with E-state index in [1.54, 1.807) is 0 Å². The Morgan fingerprint density at radius 3 is 2.88 bits per heavy atom. The largest absolute Gasteiger partial charge is 0.381 e. The van der Waals surface area contributed by atoms with E-state index in [0.717, 1.165) is 24.7 Å². The molecule has 0 bridgehead atoms. The standard InChI is InChI=1S/C13H16Cl2N2/c1-8-3-2-4-17-12-6-10(15)9(14)5-11(12)16-7-13(8)17/h5-6,8,13,16H,2-4,7H2,1H3. The van der Waals surface area contributed by atoms with Gasteiger partial charge in [-0.05, 0) is 30.9 Å². The summed E-state index contributed by atoms with van der Waals surface area (Å²) in [4.78, 5) is 2.49. The van der Waals surface area contributed by atoms with E-state index in [1.807, 2.05) is 12.1 Å². The van der Waals surface area contributed by atoms with Crippen molar-refractivity contribution >= 4 is 34.6 Å². The smallest absolute Gasteiger partial charge is 0.0621 e. The normalized spacial score (nSPS) is 27.1. The fourth-order valence-electron chi connectivity index (χ4n) is 2.99. The zero-order valence-corrected chi connectivity index (χ0v) is 11.4. The van der Waals surface area contributed by atoms with Gasteiger partial charge in [-0.3, -0.25) is 0 Å². The molecule has 0 aliphatic carbocycles. The third-order valence-electron chi connectivity index (χ3n) is 3.97. The summed E-state index contributed by atoms with van der Waals surface area (Å²) < 4.78 is 0. The van der Waals surface area contributed by atoms with Gasteiger partial charge in [0.05, 0.1) is 21.4 Å². The van der Waals surface area contributed by atoms with Crippen LogP contribution in [-0.2, 0) is 0 Å². The number of halogens is 2. The molecule has 0 spiro atoms. The van der Waals surface area contributed by atoms with Crippen molar-refractivity contribution in [2.24, 2.45) is 5.92 Å². The Hall–Kier alpha value is -0.600. The second kappa shape index (κ2) is 4.25. The van der Waals surface area contributed by atoms with Gasteiger partial charge in [0.1, 0.15) is 0 Å². The molecule has 0 amide bonds. The highest BCUT2D eigenvalue weighted by Gasteiger charge is 2.33. The SMILES string of the molecule is CC1CCCN2c3cc(Cl)c(Cl)cc3NCC12. The highest BCUT2D eigenvalue weighted by atomic mass is 35.5. The molecule has 0 aromatic heterocycles. The van der Waals surface area contributed by atoms with E-state index >= 15 is 0 Å². The van der Waals surface area contributed by atoms with Gasteiger partial charge in [0, 0.05) is 19.1 Å². The van der Waals surface area contributed by atoms with Crippen LogP contribution in [0.15, 0.2) is 12.1 Å². The number of anilines is 2. The topological polar surface area (TPSA) is 15.3 Å². The molecule has 2 heterocycles. The molecule has 0 radical (unpaired) electrons. The first kappa shape index (κ1) is 11.5. The molecule has 1 N–H and O–H groups in total.